The molecule has 5 heteroatoms. The average molecular weight is 261 g/mol. The van der Waals surface area contributed by atoms with Crippen LogP contribution in [0.4, 0.5) is 0 Å². The molecular formula is C14H23N5. The number of aromatic nitrogens is 4. The number of nitrogens with zero attached hydrogens (tertiary/aromatic N) is 4. The molecule has 0 aliphatic heterocycles. The molecule has 0 radical (unpaired) electrons. The maximum absolute atomic E-state index is 4.42. The van der Waals surface area contributed by atoms with E-state index in [2.05, 4.69) is 39.9 Å². The number of imidazole rings is 1. The number of rotatable bonds is 7. The van der Waals surface area contributed by atoms with Crippen LogP contribution in [-0.2, 0) is 26.6 Å². The first-order chi connectivity index (χ1) is 9.22. The summed E-state index contributed by atoms with van der Waals surface area (Å²) in [5.41, 5.74) is 2.51. The van der Waals surface area contributed by atoms with Crippen LogP contribution in [0.3, 0.4) is 0 Å². The van der Waals surface area contributed by atoms with Gasteiger partial charge in [-0.1, -0.05) is 6.92 Å². The van der Waals surface area contributed by atoms with E-state index in [-0.39, 0.29) is 0 Å². The van der Waals surface area contributed by atoms with Crippen molar-refractivity contribution < 1.29 is 0 Å². The van der Waals surface area contributed by atoms with Crippen LogP contribution in [0.25, 0.3) is 0 Å². The first-order valence-corrected chi connectivity index (χ1v) is 6.91. The minimum atomic E-state index is 0.889. The third-order valence-electron chi connectivity index (χ3n) is 3.38. The molecular weight excluding hydrogens is 238 g/mol. The Morgan fingerprint density at radius 2 is 2.16 bits per heavy atom. The minimum Gasteiger partial charge on any atom is -0.331 e. The van der Waals surface area contributed by atoms with Crippen LogP contribution < -0.4 is 5.32 Å². The summed E-state index contributed by atoms with van der Waals surface area (Å²) in [5.74, 6) is 1.08. The summed E-state index contributed by atoms with van der Waals surface area (Å²) in [6, 6.07) is 2.07. The molecule has 0 amide bonds. The topological polar surface area (TPSA) is 47.7 Å². The zero-order valence-electron chi connectivity index (χ0n) is 12.1. The smallest absolute Gasteiger partial charge is 0.105 e. The first kappa shape index (κ1) is 13.8. The van der Waals surface area contributed by atoms with E-state index in [1.807, 2.05) is 24.1 Å². The first-order valence-electron chi connectivity index (χ1n) is 6.91. The Hall–Kier alpha value is -1.62. The number of hydrogen-bond donors (Lipinski definition) is 1. The molecule has 2 rings (SSSR count). The predicted molar refractivity (Wildman–Crippen MR) is 75.9 cm³/mol. The molecule has 0 fully saturated rings. The van der Waals surface area contributed by atoms with Gasteiger partial charge in [0, 0.05) is 44.6 Å². The van der Waals surface area contributed by atoms with Crippen molar-refractivity contribution in [2.75, 3.05) is 6.54 Å². The largest absolute Gasteiger partial charge is 0.331 e. The van der Waals surface area contributed by atoms with Gasteiger partial charge >= 0.3 is 0 Å². The van der Waals surface area contributed by atoms with Gasteiger partial charge < -0.3 is 9.88 Å². The second kappa shape index (κ2) is 6.52. The van der Waals surface area contributed by atoms with Crippen molar-refractivity contribution in [3.63, 3.8) is 0 Å². The quantitative estimate of drug-likeness (QED) is 0.771. The molecule has 0 atom stereocenters. The monoisotopic (exact) mass is 261 g/mol. The Bertz CT molecular complexity index is 512. The molecule has 0 saturated heterocycles. The van der Waals surface area contributed by atoms with Crippen molar-refractivity contribution in [1.82, 2.24) is 24.6 Å². The van der Waals surface area contributed by atoms with E-state index in [1.54, 1.807) is 0 Å². The van der Waals surface area contributed by atoms with Gasteiger partial charge in [-0.15, -0.1) is 0 Å². The van der Waals surface area contributed by atoms with Gasteiger partial charge in [-0.2, -0.15) is 5.10 Å². The van der Waals surface area contributed by atoms with Crippen LogP contribution in [0.5, 0.6) is 0 Å². The predicted octanol–water partition coefficient (Wildman–Crippen LogP) is 1.67. The van der Waals surface area contributed by atoms with Gasteiger partial charge in [-0.05, 0) is 26.0 Å². The van der Waals surface area contributed by atoms with Crippen molar-refractivity contribution in [3.05, 3.63) is 35.7 Å². The SMILES string of the molecule is CCCNCc1cnc(C)n1CCc1ccnn1C. The lowest BCUT2D eigenvalue weighted by molar-refractivity contribution is 0.578. The molecule has 0 aromatic carbocycles. The lowest BCUT2D eigenvalue weighted by Crippen LogP contribution is -2.18. The lowest BCUT2D eigenvalue weighted by atomic mass is 10.3. The highest BCUT2D eigenvalue weighted by Crippen LogP contribution is 2.08. The molecule has 0 spiro atoms. The Balaban J connectivity index is 1.99. The minimum absolute atomic E-state index is 0.889. The van der Waals surface area contributed by atoms with Crippen molar-refractivity contribution in [3.8, 4) is 0 Å². The van der Waals surface area contributed by atoms with Crippen LogP contribution >= 0.6 is 0 Å². The fourth-order valence-electron chi connectivity index (χ4n) is 2.23. The molecule has 19 heavy (non-hydrogen) atoms. The van der Waals surface area contributed by atoms with E-state index in [0.717, 1.165) is 38.3 Å². The van der Waals surface area contributed by atoms with Crippen LogP contribution in [0.2, 0.25) is 0 Å². The fourth-order valence-corrected chi connectivity index (χ4v) is 2.23. The zero-order chi connectivity index (χ0) is 13.7. The molecule has 0 aliphatic carbocycles. The summed E-state index contributed by atoms with van der Waals surface area (Å²) in [6.07, 6.45) is 5.96. The van der Waals surface area contributed by atoms with Gasteiger partial charge in [0.25, 0.3) is 0 Å². The van der Waals surface area contributed by atoms with E-state index in [0.29, 0.717) is 0 Å². The van der Waals surface area contributed by atoms with E-state index >= 15 is 0 Å². The number of aryl methyl sites for hydroxylation is 3. The molecule has 0 aliphatic rings. The highest BCUT2D eigenvalue weighted by atomic mass is 15.3. The standard InChI is InChI=1S/C14H23N5/c1-4-7-15-10-14-11-16-12(2)19(14)9-6-13-5-8-17-18(13)3/h5,8,11,15H,4,6-7,9-10H2,1-3H3. The second-order valence-corrected chi connectivity index (χ2v) is 4.82. The molecule has 0 saturated carbocycles. The Morgan fingerprint density at radius 1 is 1.32 bits per heavy atom. The van der Waals surface area contributed by atoms with Crippen LogP contribution in [0.1, 0.15) is 30.6 Å². The highest BCUT2D eigenvalue weighted by molar-refractivity contribution is 5.06. The lowest BCUT2D eigenvalue weighted by Gasteiger charge is -2.11. The van der Waals surface area contributed by atoms with Gasteiger partial charge in [-0.25, -0.2) is 4.98 Å². The van der Waals surface area contributed by atoms with E-state index in [9.17, 15) is 0 Å². The molecule has 104 valence electrons. The molecule has 5 nitrogen and oxygen atoms in total. The second-order valence-electron chi connectivity index (χ2n) is 4.82. The molecule has 2 aromatic heterocycles. The van der Waals surface area contributed by atoms with Gasteiger partial charge in [-0.3, -0.25) is 4.68 Å². The highest BCUT2D eigenvalue weighted by Gasteiger charge is 2.07. The molecule has 2 heterocycles. The van der Waals surface area contributed by atoms with Gasteiger partial charge in [0.05, 0.1) is 5.69 Å². The third kappa shape index (κ3) is 3.44. The Labute approximate surface area is 114 Å². The summed E-state index contributed by atoms with van der Waals surface area (Å²) < 4.78 is 4.22. The Kier molecular flexibility index (Phi) is 4.74. The Morgan fingerprint density at radius 3 is 2.84 bits per heavy atom. The summed E-state index contributed by atoms with van der Waals surface area (Å²) in [7, 11) is 1.99. The summed E-state index contributed by atoms with van der Waals surface area (Å²) in [5, 5.41) is 7.63. The normalized spacial score (nSPS) is 11.1. The molecule has 0 unspecified atom stereocenters. The van der Waals surface area contributed by atoms with E-state index in [4.69, 9.17) is 0 Å². The summed E-state index contributed by atoms with van der Waals surface area (Å²) >= 11 is 0. The van der Waals surface area contributed by atoms with Crippen LogP contribution in [-0.4, -0.2) is 25.9 Å². The summed E-state index contributed by atoms with van der Waals surface area (Å²) in [4.78, 5) is 4.42. The van der Waals surface area contributed by atoms with Crippen LogP contribution in [0, 0.1) is 6.92 Å². The number of nitrogens with one attached hydrogen (secondary N) is 1. The van der Waals surface area contributed by atoms with Gasteiger partial charge in [0.2, 0.25) is 0 Å². The van der Waals surface area contributed by atoms with Crippen molar-refractivity contribution in [2.24, 2.45) is 7.05 Å². The van der Waals surface area contributed by atoms with E-state index < -0.39 is 0 Å². The van der Waals surface area contributed by atoms with Crippen molar-refractivity contribution in [1.29, 1.82) is 0 Å². The van der Waals surface area contributed by atoms with E-state index in [1.165, 1.54) is 11.4 Å². The molecule has 1 N–H and O–H groups in total. The maximum Gasteiger partial charge on any atom is 0.105 e. The zero-order valence-corrected chi connectivity index (χ0v) is 12.1. The van der Waals surface area contributed by atoms with Crippen molar-refractivity contribution >= 4 is 0 Å². The molecule has 0 bridgehead atoms. The van der Waals surface area contributed by atoms with Gasteiger partial charge in [0.1, 0.15) is 5.82 Å². The maximum atomic E-state index is 4.42. The summed E-state index contributed by atoms with van der Waals surface area (Å²) in [6.45, 7) is 7.13. The van der Waals surface area contributed by atoms with Gasteiger partial charge in [0.15, 0.2) is 0 Å². The average Bonchev–Trinajstić information content (AvgIpc) is 2.95. The van der Waals surface area contributed by atoms with Crippen molar-refractivity contribution in [2.45, 2.75) is 39.8 Å². The third-order valence-corrected chi connectivity index (χ3v) is 3.38. The molecule has 2 aromatic rings. The fraction of sp³-hybridized carbons (Fsp3) is 0.571. The van der Waals surface area contributed by atoms with Crippen LogP contribution in [0.15, 0.2) is 18.5 Å². The number of hydrogen-bond acceptors (Lipinski definition) is 3.